The largest absolute Gasteiger partial charge is 0.404 e. The van der Waals surface area contributed by atoms with Gasteiger partial charge in [0.25, 0.3) is 0 Å². The van der Waals surface area contributed by atoms with Gasteiger partial charge in [0.2, 0.25) is 0 Å². The molecule has 25 heavy (non-hydrogen) atoms. The van der Waals surface area contributed by atoms with E-state index in [1.165, 1.54) is 16.7 Å². The fraction of sp³-hybridized carbons (Fsp3) is 0.455. The lowest BCUT2D eigenvalue weighted by molar-refractivity contribution is 0.0608. The fourth-order valence-electron chi connectivity index (χ4n) is 3.76. The van der Waals surface area contributed by atoms with Crippen molar-refractivity contribution in [1.29, 1.82) is 0 Å². The van der Waals surface area contributed by atoms with Crippen LogP contribution in [0.4, 0.5) is 5.82 Å². The molecule has 3 rings (SSSR count). The molecule has 2 aliphatic rings. The number of nitrogens with two attached hydrogens (primary N) is 1. The summed E-state index contributed by atoms with van der Waals surface area (Å²) in [6.45, 7) is 6.39. The second kappa shape index (κ2) is 7.81. The highest BCUT2D eigenvalue weighted by atomic mass is 16.7. The lowest BCUT2D eigenvalue weighted by Crippen LogP contribution is -2.29. The summed E-state index contributed by atoms with van der Waals surface area (Å²) in [6.07, 6.45) is 17.1. The van der Waals surface area contributed by atoms with Gasteiger partial charge in [0.05, 0.1) is 5.69 Å². The molecule has 3 heteroatoms. The highest BCUT2D eigenvalue weighted by molar-refractivity contribution is 5.43. The summed E-state index contributed by atoms with van der Waals surface area (Å²) in [5.41, 5.74) is 11.4. The number of aromatic nitrogens is 1. The van der Waals surface area contributed by atoms with Crippen molar-refractivity contribution < 1.29 is 4.84 Å². The zero-order valence-electron chi connectivity index (χ0n) is 15.7. The number of unbranched alkanes of at least 4 members (excludes halogenated alkanes) is 1. The third-order valence-electron chi connectivity index (χ3n) is 5.18. The maximum Gasteiger partial charge on any atom is 0.154 e. The second-order valence-electron chi connectivity index (χ2n) is 6.99. The van der Waals surface area contributed by atoms with Gasteiger partial charge in [-0.25, -0.2) is 0 Å². The molecule has 2 bridgehead atoms. The van der Waals surface area contributed by atoms with Gasteiger partial charge in [0.1, 0.15) is 5.82 Å². The SMILES string of the molecule is C/C=C1\CC(On2c(C)ccc2N)/C(=C/CCC)C2=CC1C=CCC2. The van der Waals surface area contributed by atoms with Crippen LogP contribution in [0.1, 0.15) is 51.6 Å². The van der Waals surface area contributed by atoms with Crippen LogP contribution in [0.3, 0.4) is 0 Å². The van der Waals surface area contributed by atoms with Crippen molar-refractivity contribution >= 4 is 5.82 Å². The van der Waals surface area contributed by atoms with Crippen LogP contribution in [0.15, 0.2) is 59.2 Å². The lowest BCUT2D eigenvalue weighted by Gasteiger charge is -2.25. The number of rotatable bonds is 4. The quantitative estimate of drug-likeness (QED) is 0.772. The van der Waals surface area contributed by atoms with Gasteiger partial charge in [0, 0.05) is 12.3 Å². The Labute approximate surface area is 151 Å². The Morgan fingerprint density at radius 3 is 2.88 bits per heavy atom. The van der Waals surface area contributed by atoms with E-state index in [4.69, 9.17) is 10.6 Å². The van der Waals surface area contributed by atoms with Gasteiger partial charge in [-0.1, -0.05) is 49.3 Å². The van der Waals surface area contributed by atoms with Crippen LogP contribution < -0.4 is 10.6 Å². The molecule has 0 spiro atoms. The highest BCUT2D eigenvalue weighted by Gasteiger charge is 2.29. The minimum atomic E-state index is 0.00824. The van der Waals surface area contributed by atoms with Crippen LogP contribution in [-0.4, -0.2) is 10.8 Å². The summed E-state index contributed by atoms with van der Waals surface area (Å²) < 4.78 is 1.79. The third kappa shape index (κ3) is 3.76. The molecule has 3 nitrogen and oxygen atoms in total. The second-order valence-corrected chi connectivity index (χ2v) is 6.99. The van der Waals surface area contributed by atoms with E-state index < -0.39 is 0 Å². The summed E-state index contributed by atoms with van der Waals surface area (Å²) in [5, 5.41) is 0. The van der Waals surface area contributed by atoms with Crippen molar-refractivity contribution in [3.05, 3.63) is 64.9 Å². The standard InChI is InChI=1S/C22H30N2O/c1-4-6-11-20-19-10-8-7-9-18(14-19)17(5-2)15-21(20)25-24-16(3)12-13-22(24)23/h5,7,9,11-14,18,21H,4,6,8,10,15,23H2,1-3H3/b17-5+,20-11+. The first-order valence-electron chi connectivity index (χ1n) is 9.47. The molecule has 2 atom stereocenters. The van der Waals surface area contributed by atoms with E-state index >= 15 is 0 Å². The van der Waals surface area contributed by atoms with E-state index in [0.717, 1.165) is 37.8 Å². The molecule has 0 aromatic carbocycles. The number of allylic oxidation sites excluding steroid dienone is 5. The Morgan fingerprint density at radius 2 is 2.20 bits per heavy atom. The number of anilines is 1. The van der Waals surface area contributed by atoms with Gasteiger partial charge in [-0.3, -0.25) is 0 Å². The molecular formula is C22H30N2O. The number of fused-ring (bicyclic) bond motifs is 1. The van der Waals surface area contributed by atoms with Gasteiger partial charge in [0.15, 0.2) is 6.10 Å². The van der Waals surface area contributed by atoms with E-state index in [0.29, 0.717) is 11.7 Å². The summed E-state index contributed by atoms with van der Waals surface area (Å²) in [4.78, 5) is 6.45. The van der Waals surface area contributed by atoms with Gasteiger partial charge in [-0.15, -0.1) is 0 Å². The van der Waals surface area contributed by atoms with Crippen LogP contribution in [0.2, 0.25) is 0 Å². The van der Waals surface area contributed by atoms with Crippen molar-refractivity contribution in [1.82, 2.24) is 4.73 Å². The normalized spacial score (nSPS) is 26.4. The molecule has 0 amide bonds. The monoisotopic (exact) mass is 338 g/mol. The molecule has 0 fully saturated rings. The molecule has 2 unspecified atom stereocenters. The molecular weight excluding hydrogens is 308 g/mol. The first-order valence-corrected chi connectivity index (χ1v) is 9.47. The number of nitrogens with zero attached hydrogens (tertiary/aromatic N) is 1. The van der Waals surface area contributed by atoms with E-state index in [-0.39, 0.29) is 6.10 Å². The topological polar surface area (TPSA) is 40.2 Å². The molecule has 2 N–H and O–H groups in total. The van der Waals surface area contributed by atoms with Crippen molar-refractivity contribution in [3.63, 3.8) is 0 Å². The molecule has 2 aliphatic carbocycles. The summed E-state index contributed by atoms with van der Waals surface area (Å²) in [7, 11) is 0. The van der Waals surface area contributed by atoms with Crippen LogP contribution in [0.5, 0.6) is 0 Å². The molecule has 1 aromatic rings. The van der Waals surface area contributed by atoms with Crippen molar-refractivity contribution in [2.75, 3.05) is 5.73 Å². The molecule has 0 radical (unpaired) electrons. The third-order valence-corrected chi connectivity index (χ3v) is 5.18. The van der Waals surface area contributed by atoms with E-state index in [1.807, 2.05) is 19.1 Å². The summed E-state index contributed by atoms with van der Waals surface area (Å²) >= 11 is 0. The zero-order valence-corrected chi connectivity index (χ0v) is 15.7. The Balaban J connectivity index is 2.01. The molecule has 1 heterocycles. The number of nitrogen functional groups attached to an aromatic ring is 1. The van der Waals surface area contributed by atoms with Gasteiger partial charge >= 0.3 is 0 Å². The van der Waals surface area contributed by atoms with Gasteiger partial charge in [-0.05, 0) is 56.4 Å². The van der Waals surface area contributed by atoms with Crippen LogP contribution in [0.25, 0.3) is 0 Å². The van der Waals surface area contributed by atoms with Crippen LogP contribution >= 0.6 is 0 Å². The molecule has 134 valence electrons. The number of hydrogen-bond acceptors (Lipinski definition) is 2. The molecule has 0 aliphatic heterocycles. The maximum absolute atomic E-state index is 6.45. The lowest BCUT2D eigenvalue weighted by atomic mass is 9.93. The van der Waals surface area contributed by atoms with Crippen LogP contribution in [-0.2, 0) is 0 Å². The summed E-state index contributed by atoms with van der Waals surface area (Å²) in [6, 6.07) is 3.91. The minimum absolute atomic E-state index is 0.00824. The average Bonchev–Trinajstić information content (AvgIpc) is 2.81. The van der Waals surface area contributed by atoms with E-state index in [1.54, 1.807) is 4.73 Å². The Kier molecular flexibility index (Phi) is 5.52. The predicted molar refractivity (Wildman–Crippen MR) is 105 cm³/mol. The molecule has 0 saturated carbocycles. The van der Waals surface area contributed by atoms with E-state index in [2.05, 4.69) is 44.2 Å². The van der Waals surface area contributed by atoms with Crippen molar-refractivity contribution in [2.24, 2.45) is 5.92 Å². The van der Waals surface area contributed by atoms with Crippen molar-refractivity contribution in [2.45, 2.75) is 59.0 Å². The van der Waals surface area contributed by atoms with E-state index in [9.17, 15) is 0 Å². The van der Waals surface area contributed by atoms with Crippen LogP contribution in [0, 0.1) is 12.8 Å². The first-order chi connectivity index (χ1) is 12.1. The smallest absolute Gasteiger partial charge is 0.154 e. The Bertz CT molecular complexity index is 714. The molecule has 1 aromatic heterocycles. The average molecular weight is 338 g/mol. The van der Waals surface area contributed by atoms with Crippen molar-refractivity contribution in [3.8, 4) is 0 Å². The predicted octanol–water partition coefficient (Wildman–Crippen LogP) is 5.15. The number of hydrogen-bond donors (Lipinski definition) is 1. The Morgan fingerprint density at radius 1 is 1.36 bits per heavy atom. The zero-order chi connectivity index (χ0) is 17.8. The summed E-state index contributed by atoms with van der Waals surface area (Å²) in [5.74, 6) is 1.05. The fourth-order valence-corrected chi connectivity index (χ4v) is 3.76. The first kappa shape index (κ1) is 17.7. The van der Waals surface area contributed by atoms with Gasteiger partial charge in [-0.2, -0.15) is 4.73 Å². The highest BCUT2D eigenvalue weighted by Crippen LogP contribution is 2.37. The van der Waals surface area contributed by atoms with Gasteiger partial charge < -0.3 is 10.6 Å². The maximum atomic E-state index is 6.45. The number of aryl methyl sites for hydroxylation is 1. The molecule has 0 saturated heterocycles. The Hall–Kier alpha value is -2.16. The minimum Gasteiger partial charge on any atom is -0.404 e.